The maximum atomic E-state index is 12.1. The molecular formula is C15H30N4O. The first-order valence-corrected chi connectivity index (χ1v) is 8.02. The quantitative estimate of drug-likeness (QED) is 0.725. The zero-order valence-corrected chi connectivity index (χ0v) is 13.1. The van der Waals surface area contributed by atoms with Gasteiger partial charge in [0.15, 0.2) is 0 Å². The van der Waals surface area contributed by atoms with Crippen molar-refractivity contribution in [2.75, 3.05) is 66.5 Å². The number of nitrogens with zero attached hydrogens (tertiary/aromatic N) is 3. The Kier molecular flexibility index (Phi) is 6.26. The number of likely N-dealkylation sites (N-methyl/N-ethyl adjacent to an activating group) is 1. The second kappa shape index (κ2) is 7.96. The van der Waals surface area contributed by atoms with Crippen molar-refractivity contribution in [3.63, 3.8) is 0 Å². The molecule has 0 saturated carbocycles. The smallest absolute Gasteiger partial charge is 0.224 e. The summed E-state index contributed by atoms with van der Waals surface area (Å²) in [4.78, 5) is 19.2. The van der Waals surface area contributed by atoms with Crippen molar-refractivity contribution in [3.05, 3.63) is 0 Å². The number of piperazine rings is 1. The van der Waals surface area contributed by atoms with E-state index in [1.807, 2.05) is 0 Å². The van der Waals surface area contributed by atoms with E-state index in [1.54, 1.807) is 0 Å². The molecule has 0 aromatic carbocycles. The minimum Gasteiger partial charge on any atom is -0.356 e. The van der Waals surface area contributed by atoms with Gasteiger partial charge in [-0.05, 0) is 46.4 Å². The lowest BCUT2D eigenvalue weighted by Gasteiger charge is -2.32. The van der Waals surface area contributed by atoms with E-state index in [-0.39, 0.29) is 11.8 Å². The van der Waals surface area contributed by atoms with Crippen LogP contribution in [0, 0.1) is 5.92 Å². The lowest BCUT2D eigenvalue weighted by molar-refractivity contribution is -0.126. The van der Waals surface area contributed by atoms with Gasteiger partial charge in [-0.2, -0.15) is 0 Å². The van der Waals surface area contributed by atoms with Gasteiger partial charge < -0.3 is 20.0 Å². The number of piperidine rings is 1. The summed E-state index contributed by atoms with van der Waals surface area (Å²) in [6.07, 6.45) is 3.27. The van der Waals surface area contributed by atoms with Gasteiger partial charge in [0.25, 0.3) is 0 Å². The molecule has 2 saturated heterocycles. The molecule has 5 nitrogen and oxygen atoms in total. The molecule has 0 aliphatic carbocycles. The summed E-state index contributed by atoms with van der Waals surface area (Å²) >= 11 is 0. The van der Waals surface area contributed by atoms with E-state index < -0.39 is 0 Å². The van der Waals surface area contributed by atoms with Gasteiger partial charge in [0, 0.05) is 39.3 Å². The molecule has 0 bridgehead atoms. The summed E-state index contributed by atoms with van der Waals surface area (Å²) in [5.74, 6) is 0.465. The second-order valence-corrected chi connectivity index (χ2v) is 6.39. The van der Waals surface area contributed by atoms with Gasteiger partial charge in [0.2, 0.25) is 5.91 Å². The number of rotatable bonds is 5. The molecular weight excluding hydrogens is 252 g/mol. The zero-order chi connectivity index (χ0) is 14.4. The fourth-order valence-electron chi connectivity index (χ4n) is 3.11. The first kappa shape index (κ1) is 15.7. The van der Waals surface area contributed by atoms with Crippen molar-refractivity contribution < 1.29 is 4.79 Å². The monoisotopic (exact) mass is 282 g/mol. The Hall–Kier alpha value is -0.650. The number of carbonyl (C=O) groups is 1. The van der Waals surface area contributed by atoms with Crippen LogP contribution in [0.15, 0.2) is 0 Å². The van der Waals surface area contributed by atoms with Gasteiger partial charge in [-0.1, -0.05) is 0 Å². The molecule has 2 rings (SSSR count). The first-order valence-electron chi connectivity index (χ1n) is 8.02. The predicted molar refractivity (Wildman–Crippen MR) is 81.8 cm³/mol. The number of hydrogen-bond acceptors (Lipinski definition) is 4. The van der Waals surface area contributed by atoms with Gasteiger partial charge in [0.05, 0.1) is 5.92 Å². The summed E-state index contributed by atoms with van der Waals surface area (Å²) in [5, 5.41) is 3.12. The van der Waals surface area contributed by atoms with Crippen LogP contribution in [0.4, 0.5) is 0 Å². The van der Waals surface area contributed by atoms with Crippen LogP contribution in [0.5, 0.6) is 0 Å². The second-order valence-electron chi connectivity index (χ2n) is 6.39. The summed E-state index contributed by atoms with van der Waals surface area (Å²) in [7, 11) is 4.28. The molecule has 2 fully saturated rings. The van der Waals surface area contributed by atoms with Gasteiger partial charge >= 0.3 is 0 Å². The highest BCUT2D eigenvalue weighted by Gasteiger charge is 2.23. The van der Waals surface area contributed by atoms with E-state index in [0.29, 0.717) is 0 Å². The average molecular weight is 282 g/mol. The van der Waals surface area contributed by atoms with Crippen molar-refractivity contribution in [1.29, 1.82) is 0 Å². The molecule has 5 heteroatoms. The molecule has 2 heterocycles. The highest BCUT2D eigenvalue weighted by atomic mass is 16.1. The van der Waals surface area contributed by atoms with Gasteiger partial charge in [-0.15, -0.1) is 0 Å². The van der Waals surface area contributed by atoms with Crippen LogP contribution >= 0.6 is 0 Å². The minimum atomic E-state index is 0.206. The van der Waals surface area contributed by atoms with Gasteiger partial charge in [0.1, 0.15) is 0 Å². The average Bonchev–Trinajstić information content (AvgIpc) is 2.45. The van der Waals surface area contributed by atoms with E-state index >= 15 is 0 Å². The SMILES string of the molecule is CN1CCN(CCCNC(=O)[C@@H]2CCCN(C)C2)CC1. The third-order valence-electron chi connectivity index (χ3n) is 4.54. The van der Waals surface area contributed by atoms with Crippen LogP contribution in [0.1, 0.15) is 19.3 Å². The largest absolute Gasteiger partial charge is 0.356 e. The van der Waals surface area contributed by atoms with Crippen LogP contribution in [-0.4, -0.2) is 87.1 Å². The highest BCUT2D eigenvalue weighted by Crippen LogP contribution is 2.14. The van der Waals surface area contributed by atoms with E-state index in [9.17, 15) is 4.79 Å². The third kappa shape index (κ3) is 5.04. The number of nitrogens with one attached hydrogen (secondary N) is 1. The number of likely N-dealkylation sites (tertiary alicyclic amines) is 1. The Labute approximate surface area is 123 Å². The molecule has 1 N–H and O–H groups in total. The Morgan fingerprint density at radius 2 is 1.85 bits per heavy atom. The normalized spacial score (nSPS) is 26.6. The maximum absolute atomic E-state index is 12.1. The molecule has 2 aliphatic rings. The van der Waals surface area contributed by atoms with Crippen LogP contribution in [0.25, 0.3) is 0 Å². The number of hydrogen-bond donors (Lipinski definition) is 1. The molecule has 0 aromatic heterocycles. The molecule has 2 aliphatic heterocycles. The Balaban J connectivity index is 1.55. The Bertz CT molecular complexity index is 302. The zero-order valence-electron chi connectivity index (χ0n) is 13.1. The van der Waals surface area contributed by atoms with E-state index in [2.05, 4.69) is 34.1 Å². The van der Waals surface area contributed by atoms with Crippen molar-refractivity contribution >= 4 is 5.91 Å². The maximum Gasteiger partial charge on any atom is 0.224 e. The van der Waals surface area contributed by atoms with E-state index in [0.717, 1.165) is 58.5 Å². The fraction of sp³-hybridized carbons (Fsp3) is 0.933. The molecule has 116 valence electrons. The highest BCUT2D eigenvalue weighted by molar-refractivity contribution is 5.78. The summed E-state index contributed by atoms with van der Waals surface area (Å²) in [6.45, 7) is 8.65. The van der Waals surface area contributed by atoms with Gasteiger partial charge in [-0.3, -0.25) is 4.79 Å². The van der Waals surface area contributed by atoms with Crippen molar-refractivity contribution in [2.45, 2.75) is 19.3 Å². The standard InChI is InChI=1S/C15H30N4O/c1-17-9-11-19(12-10-17)8-4-6-16-15(20)14-5-3-7-18(2)13-14/h14H,3-13H2,1-2H3,(H,16,20)/t14-/m1/s1. The number of carbonyl (C=O) groups excluding carboxylic acids is 1. The van der Waals surface area contributed by atoms with Gasteiger partial charge in [-0.25, -0.2) is 0 Å². The molecule has 1 amide bonds. The summed E-state index contributed by atoms with van der Waals surface area (Å²) in [5.41, 5.74) is 0. The fourth-order valence-corrected chi connectivity index (χ4v) is 3.11. The minimum absolute atomic E-state index is 0.206. The Morgan fingerprint density at radius 3 is 2.55 bits per heavy atom. The lowest BCUT2D eigenvalue weighted by atomic mass is 9.97. The molecule has 20 heavy (non-hydrogen) atoms. The van der Waals surface area contributed by atoms with E-state index in [4.69, 9.17) is 0 Å². The van der Waals surface area contributed by atoms with Crippen LogP contribution in [0.3, 0.4) is 0 Å². The van der Waals surface area contributed by atoms with Crippen LogP contribution < -0.4 is 5.32 Å². The Morgan fingerprint density at radius 1 is 1.10 bits per heavy atom. The van der Waals surface area contributed by atoms with Crippen molar-refractivity contribution in [3.8, 4) is 0 Å². The predicted octanol–water partition coefficient (Wildman–Crippen LogP) is 0.0819. The molecule has 0 aromatic rings. The molecule has 0 spiro atoms. The van der Waals surface area contributed by atoms with E-state index in [1.165, 1.54) is 13.1 Å². The topological polar surface area (TPSA) is 38.8 Å². The molecule has 0 unspecified atom stereocenters. The van der Waals surface area contributed by atoms with Crippen LogP contribution in [0.2, 0.25) is 0 Å². The van der Waals surface area contributed by atoms with Crippen molar-refractivity contribution in [2.24, 2.45) is 5.92 Å². The van der Waals surface area contributed by atoms with Crippen molar-refractivity contribution in [1.82, 2.24) is 20.0 Å². The summed E-state index contributed by atoms with van der Waals surface area (Å²) in [6, 6.07) is 0. The number of amides is 1. The third-order valence-corrected chi connectivity index (χ3v) is 4.54. The first-order chi connectivity index (χ1) is 9.65. The summed E-state index contributed by atoms with van der Waals surface area (Å²) < 4.78 is 0. The lowest BCUT2D eigenvalue weighted by Crippen LogP contribution is -2.45. The molecule has 0 radical (unpaired) electrons. The molecule has 1 atom stereocenters. The van der Waals surface area contributed by atoms with Crippen LogP contribution in [-0.2, 0) is 4.79 Å².